The molecular weight excluding hydrogens is 383 g/mol. The van der Waals surface area contributed by atoms with E-state index in [2.05, 4.69) is 24.7 Å². The molecule has 1 N–H and O–H groups in total. The molecule has 0 unspecified atom stereocenters. The fourth-order valence-electron chi connectivity index (χ4n) is 2.89. The van der Waals surface area contributed by atoms with E-state index >= 15 is 0 Å². The summed E-state index contributed by atoms with van der Waals surface area (Å²) in [6, 6.07) is 3.90. The minimum absolute atomic E-state index is 0.00502. The lowest BCUT2D eigenvalue weighted by Gasteiger charge is -2.18. The predicted octanol–water partition coefficient (Wildman–Crippen LogP) is 2.81. The highest BCUT2D eigenvalue weighted by Crippen LogP contribution is 2.29. The van der Waals surface area contributed by atoms with Crippen LogP contribution in [0.4, 0.5) is 5.82 Å². The van der Waals surface area contributed by atoms with Crippen molar-refractivity contribution >= 4 is 52.1 Å². The van der Waals surface area contributed by atoms with Gasteiger partial charge >= 0.3 is 0 Å². The van der Waals surface area contributed by atoms with Gasteiger partial charge in [0.25, 0.3) is 5.91 Å². The maximum Gasteiger partial charge on any atom is 0.272 e. The number of halogens is 2. The Labute approximate surface area is 157 Å². The number of anilines is 1. The second-order valence-electron chi connectivity index (χ2n) is 5.89. The number of rotatable bonds is 3. The molecule has 0 aromatic carbocycles. The third-order valence-corrected chi connectivity index (χ3v) is 5.79. The van der Waals surface area contributed by atoms with Crippen LogP contribution in [0.3, 0.4) is 0 Å². The van der Waals surface area contributed by atoms with Gasteiger partial charge in [-0.1, -0.05) is 23.2 Å². The molecule has 0 radical (unpaired) electrons. The molecule has 3 aromatic heterocycles. The summed E-state index contributed by atoms with van der Waals surface area (Å²) in [7, 11) is 0. The highest BCUT2D eigenvalue weighted by atomic mass is 35.5. The molecule has 3 aromatic rings. The smallest absolute Gasteiger partial charge is 0.272 e. The van der Waals surface area contributed by atoms with Crippen LogP contribution >= 0.6 is 34.7 Å². The number of aryl methyl sites for hydroxylation is 1. The molecule has 1 fully saturated rings. The summed E-state index contributed by atoms with van der Waals surface area (Å²) in [5.41, 5.74) is 1.99. The van der Waals surface area contributed by atoms with Gasteiger partial charge in [-0.25, -0.2) is 9.50 Å². The number of hydrogen-bond donors (Lipinski definition) is 1. The van der Waals surface area contributed by atoms with Crippen molar-refractivity contribution in [3.8, 4) is 0 Å². The first-order valence-corrected chi connectivity index (χ1v) is 9.23. The minimum Gasteiger partial charge on any atom is -0.353 e. The van der Waals surface area contributed by atoms with Crippen molar-refractivity contribution in [1.82, 2.24) is 24.3 Å². The third kappa shape index (κ3) is 3.05. The van der Waals surface area contributed by atoms with Crippen LogP contribution in [-0.4, -0.2) is 44.0 Å². The van der Waals surface area contributed by atoms with Gasteiger partial charge in [-0.2, -0.15) is 4.37 Å². The maximum atomic E-state index is 12.3. The zero-order valence-corrected chi connectivity index (χ0v) is 15.6. The number of nitrogens with one attached hydrogen (secondary N) is 1. The molecule has 25 heavy (non-hydrogen) atoms. The zero-order chi connectivity index (χ0) is 17.6. The molecule has 7 nitrogen and oxygen atoms in total. The molecule has 0 aliphatic carbocycles. The molecule has 4 rings (SSSR count). The van der Waals surface area contributed by atoms with Gasteiger partial charge in [-0.15, -0.1) is 5.10 Å². The van der Waals surface area contributed by atoms with E-state index in [0.29, 0.717) is 10.9 Å². The van der Waals surface area contributed by atoms with Crippen LogP contribution in [0.5, 0.6) is 0 Å². The van der Waals surface area contributed by atoms with Gasteiger partial charge < -0.3 is 10.2 Å². The van der Waals surface area contributed by atoms with Crippen molar-refractivity contribution in [2.75, 3.05) is 18.0 Å². The first kappa shape index (κ1) is 16.6. The van der Waals surface area contributed by atoms with Gasteiger partial charge in [-0.3, -0.25) is 4.79 Å². The topological polar surface area (TPSA) is 75.4 Å². The zero-order valence-electron chi connectivity index (χ0n) is 13.2. The van der Waals surface area contributed by atoms with E-state index in [1.807, 2.05) is 23.6 Å². The summed E-state index contributed by atoms with van der Waals surface area (Å²) in [5, 5.41) is 7.80. The Balaban J connectivity index is 1.46. The number of hydrogen-bond acceptors (Lipinski definition) is 6. The molecule has 0 bridgehead atoms. The van der Waals surface area contributed by atoms with Gasteiger partial charge in [0.1, 0.15) is 15.2 Å². The van der Waals surface area contributed by atoms with Crippen LogP contribution in [0.15, 0.2) is 18.3 Å². The van der Waals surface area contributed by atoms with Crippen molar-refractivity contribution in [1.29, 1.82) is 0 Å². The standard InChI is InChI=1S/C15H14Cl2N6OS/c1-8-6-18-10-2-3-11(20-23(8)10)22-5-4-9(7-22)19-15(24)13-12(16)14(17)25-21-13/h2-3,6,9H,4-5,7H2,1H3,(H,19,24)/t9-/m0/s1. The van der Waals surface area contributed by atoms with Gasteiger partial charge in [0.15, 0.2) is 11.3 Å². The molecule has 1 saturated heterocycles. The van der Waals surface area contributed by atoms with E-state index in [0.717, 1.165) is 41.7 Å². The second kappa shape index (κ2) is 6.44. The van der Waals surface area contributed by atoms with Crippen LogP contribution < -0.4 is 10.2 Å². The molecule has 1 aliphatic rings. The van der Waals surface area contributed by atoms with Crippen molar-refractivity contribution < 1.29 is 4.79 Å². The molecule has 1 atom stereocenters. The van der Waals surface area contributed by atoms with Crippen LogP contribution in [0, 0.1) is 6.92 Å². The first-order chi connectivity index (χ1) is 12.0. The summed E-state index contributed by atoms with van der Waals surface area (Å²) in [5.74, 6) is 0.564. The average Bonchev–Trinajstić information content (AvgIpc) is 3.29. The molecule has 1 aliphatic heterocycles. The van der Waals surface area contributed by atoms with E-state index in [1.165, 1.54) is 0 Å². The highest BCUT2D eigenvalue weighted by Gasteiger charge is 2.27. The summed E-state index contributed by atoms with van der Waals surface area (Å²) in [4.78, 5) is 18.7. The van der Waals surface area contributed by atoms with Gasteiger partial charge in [0, 0.05) is 19.1 Å². The summed E-state index contributed by atoms with van der Waals surface area (Å²) in [6.45, 7) is 3.45. The second-order valence-corrected chi connectivity index (χ2v) is 7.64. The highest BCUT2D eigenvalue weighted by molar-refractivity contribution is 7.11. The summed E-state index contributed by atoms with van der Waals surface area (Å²) >= 11 is 12.9. The van der Waals surface area contributed by atoms with Crippen molar-refractivity contribution in [2.24, 2.45) is 0 Å². The average molecular weight is 397 g/mol. The lowest BCUT2D eigenvalue weighted by atomic mass is 10.2. The summed E-state index contributed by atoms with van der Waals surface area (Å²) in [6.07, 6.45) is 2.62. The Bertz CT molecular complexity index is 955. The Kier molecular flexibility index (Phi) is 4.26. The number of nitrogens with zero attached hydrogens (tertiary/aromatic N) is 5. The first-order valence-electron chi connectivity index (χ1n) is 7.71. The van der Waals surface area contributed by atoms with Crippen molar-refractivity contribution in [3.63, 3.8) is 0 Å². The van der Waals surface area contributed by atoms with Crippen LogP contribution in [-0.2, 0) is 0 Å². The Morgan fingerprint density at radius 1 is 1.40 bits per heavy atom. The third-order valence-electron chi connectivity index (χ3n) is 4.18. The van der Waals surface area contributed by atoms with Crippen LogP contribution in [0.1, 0.15) is 22.6 Å². The van der Waals surface area contributed by atoms with Crippen LogP contribution in [0.25, 0.3) is 5.65 Å². The molecule has 130 valence electrons. The van der Waals surface area contributed by atoms with Gasteiger partial charge in [-0.05, 0) is 37.0 Å². The number of imidazole rings is 1. The molecule has 1 amide bonds. The number of amides is 1. The van der Waals surface area contributed by atoms with E-state index in [9.17, 15) is 4.79 Å². The molecule has 10 heteroatoms. The van der Waals surface area contributed by atoms with E-state index in [-0.39, 0.29) is 22.7 Å². The summed E-state index contributed by atoms with van der Waals surface area (Å²) < 4.78 is 6.15. The Hall–Kier alpha value is -1.90. The van der Waals surface area contributed by atoms with Gasteiger partial charge in [0.2, 0.25) is 0 Å². The number of carbonyl (C=O) groups excluding carboxylic acids is 1. The van der Waals surface area contributed by atoms with Crippen molar-refractivity contribution in [3.05, 3.63) is 39.1 Å². The molecule has 0 saturated carbocycles. The largest absolute Gasteiger partial charge is 0.353 e. The Morgan fingerprint density at radius 3 is 3.00 bits per heavy atom. The lowest BCUT2D eigenvalue weighted by molar-refractivity contribution is 0.0936. The lowest BCUT2D eigenvalue weighted by Crippen LogP contribution is -2.37. The minimum atomic E-state index is -0.297. The number of aromatic nitrogens is 4. The predicted molar refractivity (Wildman–Crippen MR) is 97.9 cm³/mol. The van der Waals surface area contributed by atoms with Crippen molar-refractivity contribution in [2.45, 2.75) is 19.4 Å². The van der Waals surface area contributed by atoms with E-state index < -0.39 is 0 Å². The fourth-order valence-corrected chi connectivity index (χ4v) is 3.88. The SMILES string of the molecule is Cc1cnc2ccc(N3CC[C@H](NC(=O)c4nsc(Cl)c4Cl)C3)nn12. The maximum absolute atomic E-state index is 12.3. The normalized spacial score (nSPS) is 17.4. The monoisotopic (exact) mass is 396 g/mol. The van der Waals surface area contributed by atoms with Gasteiger partial charge in [0.05, 0.1) is 11.9 Å². The molecule has 4 heterocycles. The number of carbonyl (C=O) groups is 1. The molecular formula is C15H14Cl2N6OS. The number of fused-ring (bicyclic) bond motifs is 1. The van der Waals surface area contributed by atoms with E-state index in [1.54, 1.807) is 6.20 Å². The van der Waals surface area contributed by atoms with E-state index in [4.69, 9.17) is 23.2 Å². The quantitative estimate of drug-likeness (QED) is 0.736. The Morgan fingerprint density at radius 2 is 2.24 bits per heavy atom. The molecule has 0 spiro atoms. The fraction of sp³-hybridized carbons (Fsp3) is 0.333. The van der Waals surface area contributed by atoms with Crippen LogP contribution in [0.2, 0.25) is 9.36 Å².